The number of nitrogens with zero attached hydrogens (tertiary/aromatic N) is 1. The van der Waals surface area contributed by atoms with Crippen molar-refractivity contribution in [2.45, 2.75) is 44.6 Å². The van der Waals surface area contributed by atoms with E-state index < -0.39 is 5.82 Å². The second kappa shape index (κ2) is 22.9. The van der Waals surface area contributed by atoms with Gasteiger partial charge in [0.05, 0.1) is 0 Å². The van der Waals surface area contributed by atoms with Crippen LogP contribution in [0.4, 0.5) is 15.8 Å². The summed E-state index contributed by atoms with van der Waals surface area (Å²) in [6.45, 7) is 11.3. The average Bonchev–Trinajstić information content (AvgIpc) is 2.90. The minimum absolute atomic E-state index is 0. The van der Waals surface area contributed by atoms with Crippen LogP contribution in [0.25, 0.3) is 0 Å². The molecule has 4 aromatic carbocycles. The van der Waals surface area contributed by atoms with Gasteiger partial charge in [-0.25, -0.2) is 4.90 Å². The van der Waals surface area contributed by atoms with Crippen LogP contribution in [-0.4, -0.2) is 6.54 Å². The van der Waals surface area contributed by atoms with E-state index in [0.717, 1.165) is 34.5 Å². The summed E-state index contributed by atoms with van der Waals surface area (Å²) >= 11 is 4.25. The summed E-state index contributed by atoms with van der Waals surface area (Å²) in [6, 6.07) is 33.4. The molecule has 42 heavy (non-hydrogen) atoms. The zero-order valence-electron chi connectivity index (χ0n) is 24.3. The molecule has 0 amide bonds. The molecule has 0 aliphatic heterocycles. The number of anilines is 2. The molecule has 0 bridgehead atoms. The zero-order chi connectivity index (χ0) is 27.7. The molecule has 213 valence electrons. The van der Waals surface area contributed by atoms with Gasteiger partial charge in [0, 0.05) is 138 Å². The summed E-state index contributed by atoms with van der Waals surface area (Å²) in [5, 5.41) is 0. The van der Waals surface area contributed by atoms with E-state index in [2.05, 4.69) is 74.4 Å². The van der Waals surface area contributed by atoms with Gasteiger partial charge in [-0.15, -0.1) is 23.5 Å². The fourth-order valence-corrected chi connectivity index (χ4v) is 4.24. The van der Waals surface area contributed by atoms with E-state index in [1.165, 1.54) is 11.1 Å². The topological polar surface area (TPSA) is 55.3 Å². The molecule has 9 heteroatoms. The van der Waals surface area contributed by atoms with Gasteiger partial charge >= 0.3 is 0 Å². The van der Waals surface area contributed by atoms with Crippen LogP contribution in [0.2, 0.25) is 0 Å². The van der Waals surface area contributed by atoms with Crippen LogP contribution in [0.3, 0.4) is 0 Å². The molecule has 0 fully saturated rings. The SMILES string of the molecule is C=C(CN)N(Cc1c[c-]cc(N)c1)c1[c-]cc(C(C)C)cc1.Cc1[c-]c(F)[c-]c(S)c1Cc1ccccc1.[W].[Y].[Y].[Y]. The second-order valence-electron chi connectivity index (χ2n) is 9.37. The standard InChI is InChI=1S/C19H23N3.C14H11FS.W.3Y/c1-14(2)17-7-9-19(10-8-17)22(15(3)12-20)13-16-5-4-6-18(21)11-16;1-10-7-12(15)9-14(16)13(10)8-11-5-3-2-4-6-11;;;;/h5-9,11,14H,3,12-13,20-21H2,1-2H3;2-6,16H,8H2,1H3;;;;/q2*-2;;;;. The fourth-order valence-electron chi connectivity index (χ4n) is 3.89. The molecule has 0 spiro atoms. The second-order valence-corrected chi connectivity index (χ2v) is 9.82. The Hall–Kier alpha value is 0.460. The van der Waals surface area contributed by atoms with Gasteiger partial charge in [-0.3, -0.25) is 15.5 Å². The Kier molecular flexibility index (Phi) is 24.3. The largest absolute Gasteiger partial charge is 0.449 e. The number of aryl methyl sites for hydroxylation is 1. The number of benzene rings is 4. The minimum atomic E-state index is -0.473. The van der Waals surface area contributed by atoms with Gasteiger partial charge in [0.15, 0.2) is 0 Å². The molecule has 0 aromatic heterocycles. The first kappa shape index (κ1) is 44.6. The predicted molar refractivity (Wildman–Crippen MR) is 159 cm³/mol. The van der Waals surface area contributed by atoms with Crippen LogP contribution in [0.1, 0.15) is 47.6 Å². The van der Waals surface area contributed by atoms with Crippen molar-refractivity contribution in [2.75, 3.05) is 17.2 Å². The molecule has 0 unspecified atom stereocenters. The molecular weight excluding hydrogens is 940 g/mol. The monoisotopic (exact) mass is 974 g/mol. The maximum atomic E-state index is 13.0. The number of nitrogens with two attached hydrogens (primary N) is 2. The van der Waals surface area contributed by atoms with Crippen LogP contribution in [0.15, 0.2) is 83.9 Å². The Morgan fingerprint density at radius 3 is 2.19 bits per heavy atom. The maximum absolute atomic E-state index is 13.0. The van der Waals surface area contributed by atoms with E-state index in [1.54, 1.807) is 6.07 Å². The molecular formula is C33H34FN3SWY3-4. The van der Waals surface area contributed by atoms with Crippen molar-refractivity contribution in [1.82, 2.24) is 0 Å². The molecule has 0 saturated heterocycles. The molecule has 0 aliphatic carbocycles. The van der Waals surface area contributed by atoms with Gasteiger partial charge in [-0.2, -0.15) is 54.6 Å². The van der Waals surface area contributed by atoms with Gasteiger partial charge < -0.3 is 28.5 Å². The van der Waals surface area contributed by atoms with Crippen molar-refractivity contribution >= 4 is 24.0 Å². The van der Waals surface area contributed by atoms with Crippen LogP contribution in [0, 0.1) is 37.0 Å². The molecule has 0 heterocycles. The number of halogens is 1. The Bertz CT molecular complexity index is 1330. The number of rotatable bonds is 8. The maximum Gasteiger partial charge on any atom is 0.0327 e. The third-order valence-electron chi connectivity index (χ3n) is 6.09. The summed E-state index contributed by atoms with van der Waals surface area (Å²) in [4.78, 5) is 2.63. The first-order valence-corrected chi connectivity index (χ1v) is 12.9. The number of thiol groups is 1. The third kappa shape index (κ3) is 14.3. The molecule has 3 radical (unpaired) electrons. The first-order chi connectivity index (χ1) is 18.2. The molecule has 0 aliphatic rings. The van der Waals surface area contributed by atoms with Crippen LogP contribution in [0.5, 0.6) is 0 Å². The average molecular weight is 974 g/mol. The molecule has 0 atom stereocenters. The van der Waals surface area contributed by atoms with E-state index in [1.807, 2.05) is 55.5 Å². The predicted octanol–water partition coefficient (Wildman–Crippen LogP) is 7.08. The smallest absolute Gasteiger partial charge is 0.0327 e. The summed E-state index contributed by atoms with van der Waals surface area (Å²) in [6.07, 6.45) is 0.735. The van der Waals surface area contributed by atoms with Crippen LogP contribution < -0.4 is 16.4 Å². The van der Waals surface area contributed by atoms with Crippen molar-refractivity contribution in [2.24, 2.45) is 5.73 Å². The molecule has 0 saturated carbocycles. The van der Waals surface area contributed by atoms with Gasteiger partial charge in [-0.05, 0) is 0 Å². The Morgan fingerprint density at radius 1 is 1.00 bits per heavy atom. The zero-order valence-corrected chi connectivity index (χ0v) is 36.7. The minimum Gasteiger partial charge on any atom is -0.449 e. The van der Waals surface area contributed by atoms with Gasteiger partial charge in [-0.1, -0.05) is 87.0 Å². The van der Waals surface area contributed by atoms with E-state index in [4.69, 9.17) is 11.5 Å². The van der Waals surface area contributed by atoms with Crippen LogP contribution in [-0.2, 0) is 132 Å². The van der Waals surface area contributed by atoms with E-state index in [9.17, 15) is 4.39 Å². The first-order valence-electron chi connectivity index (χ1n) is 12.5. The van der Waals surface area contributed by atoms with Crippen molar-refractivity contribution < 1.29 is 124 Å². The fraction of sp³-hybridized carbons (Fsp3) is 0.212. The Morgan fingerprint density at radius 2 is 1.67 bits per heavy atom. The summed E-state index contributed by atoms with van der Waals surface area (Å²) in [5.74, 6) is 0.0132. The molecule has 4 rings (SSSR count). The third-order valence-corrected chi connectivity index (χ3v) is 6.48. The van der Waals surface area contributed by atoms with Crippen molar-refractivity contribution in [3.8, 4) is 0 Å². The van der Waals surface area contributed by atoms with Gasteiger partial charge in [0.2, 0.25) is 0 Å². The Labute approximate surface area is 347 Å². The number of hydrogen-bond acceptors (Lipinski definition) is 4. The van der Waals surface area contributed by atoms with E-state index >= 15 is 0 Å². The summed E-state index contributed by atoms with van der Waals surface area (Å²) in [7, 11) is 0. The van der Waals surface area contributed by atoms with Gasteiger partial charge in [0.25, 0.3) is 0 Å². The molecule has 4 N–H and O–H groups in total. The van der Waals surface area contributed by atoms with Crippen LogP contribution >= 0.6 is 12.6 Å². The number of nitrogen functional groups attached to an aromatic ring is 1. The summed E-state index contributed by atoms with van der Waals surface area (Å²) < 4.78 is 13.0. The van der Waals surface area contributed by atoms with Crippen molar-refractivity contribution in [3.05, 3.63) is 137 Å². The Balaban J connectivity index is 0. The summed E-state index contributed by atoms with van der Waals surface area (Å²) in [5.41, 5.74) is 19.4. The molecule has 3 nitrogen and oxygen atoms in total. The molecule has 4 aromatic rings. The van der Waals surface area contributed by atoms with Crippen molar-refractivity contribution in [3.63, 3.8) is 0 Å². The van der Waals surface area contributed by atoms with Gasteiger partial charge in [0.1, 0.15) is 0 Å². The van der Waals surface area contributed by atoms with E-state index in [0.29, 0.717) is 29.6 Å². The number of hydrogen-bond donors (Lipinski definition) is 3. The normalized spacial score (nSPS) is 9.60. The van der Waals surface area contributed by atoms with Crippen molar-refractivity contribution in [1.29, 1.82) is 0 Å². The van der Waals surface area contributed by atoms with E-state index in [-0.39, 0.29) is 119 Å². The quantitative estimate of drug-likeness (QED) is 0.101.